The van der Waals surface area contributed by atoms with Gasteiger partial charge in [-0.25, -0.2) is 4.98 Å². The summed E-state index contributed by atoms with van der Waals surface area (Å²) in [5.74, 6) is 0.397. The van der Waals surface area contributed by atoms with Crippen LogP contribution in [0.25, 0.3) is 11.0 Å². The molecule has 0 bridgehead atoms. The van der Waals surface area contributed by atoms with Gasteiger partial charge in [0.1, 0.15) is 11.3 Å². The van der Waals surface area contributed by atoms with Gasteiger partial charge >= 0.3 is 0 Å². The average molecular weight is 475 g/mol. The molecule has 1 aliphatic rings. The van der Waals surface area contributed by atoms with Gasteiger partial charge < -0.3 is 9.15 Å². The van der Waals surface area contributed by atoms with E-state index in [-0.39, 0.29) is 23.2 Å². The molecular weight excluding hydrogens is 448 g/mol. The van der Waals surface area contributed by atoms with Gasteiger partial charge in [0.05, 0.1) is 28.8 Å². The largest absolute Gasteiger partial charge is 0.491 e. The third-order valence-electron chi connectivity index (χ3n) is 6.11. The lowest BCUT2D eigenvalue weighted by Gasteiger charge is -2.23. The summed E-state index contributed by atoms with van der Waals surface area (Å²) in [5, 5.41) is 1.03. The second-order valence-corrected chi connectivity index (χ2v) is 9.99. The first-order valence-electron chi connectivity index (χ1n) is 11.4. The molecule has 0 spiro atoms. The smallest absolute Gasteiger partial charge is 0.297 e. The molecule has 1 amide bonds. The van der Waals surface area contributed by atoms with E-state index in [0.29, 0.717) is 27.4 Å². The SMILES string of the molecule is CCc1ccc2oc3c(c(=O)c2c1)C(c1cccc(OC(C)C)c1)N(c1nc(C)c(C)s1)C3=O. The van der Waals surface area contributed by atoms with Crippen LogP contribution in [-0.4, -0.2) is 17.0 Å². The molecule has 0 aliphatic carbocycles. The van der Waals surface area contributed by atoms with Crippen LogP contribution in [0, 0.1) is 13.8 Å². The van der Waals surface area contributed by atoms with Crippen LogP contribution in [0.1, 0.15) is 64.6 Å². The third-order valence-corrected chi connectivity index (χ3v) is 7.18. The van der Waals surface area contributed by atoms with Crippen molar-refractivity contribution in [1.82, 2.24) is 4.98 Å². The van der Waals surface area contributed by atoms with E-state index in [1.807, 2.05) is 71.0 Å². The van der Waals surface area contributed by atoms with Crippen molar-refractivity contribution in [3.8, 4) is 5.75 Å². The van der Waals surface area contributed by atoms with Crippen molar-refractivity contribution in [3.05, 3.63) is 85.7 Å². The molecule has 0 radical (unpaired) electrons. The lowest BCUT2D eigenvalue weighted by Crippen LogP contribution is -2.29. The maximum atomic E-state index is 13.8. The molecule has 7 heteroatoms. The Morgan fingerprint density at radius 2 is 1.94 bits per heavy atom. The Morgan fingerprint density at radius 1 is 1.15 bits per heavy atom. The first-order valence-corrected chi connectivity index (χ1v) is 12.2. The van der Waals surface area contributed by atoms with Crippen LogP contribution < -0.4 is 15.1 Å². The highest BCUT2D eigenvalue weighted by atomic mass is 32.1. The van der Waals surface area contributed by atoms with Crippen molar-refractivity contribution in [2.75, 3.05) is 4.90 Å². The summed E-state index contributed by atoms with van der Waals surface area (Å²) in [4.78, 5) is 34.8. The van der Waals surface area contributed by atoms with Gasteiger partial charge in [0, 0.05) is 4.88 Å². The van der Waals surface area contributed by atoms with E-state index in [4.69, 9.17) is 9.15 Å². The zero-order chi connectivity index (χ0) is 24.1. The second-order valence-electron chi connectivity index (χ2n) is 8.81. The first kappa shape index (κ1) is 22.3. The molecule has 34 heavy (non-hydrogen) atoms. The van der Waals surface area contributed by atoms with Crippen LogP contribution >= 0.6 is 11.3 Å². The van der Waals surface area contributed by atoms with Crippen molar-refractivity contribution >= 4 is 33.3 Å². The fourth-order valence-corrected chi connectivity index (χ4v) is 5.28. The van der Waals surface area contributed by atoms with Crippen molar-refractivity contribution in [3.63, 3.8) is 0 Å². The van der Waals surface area contributed by atoms with Crippen LogP contribution in [0.5, 0.6) is 5.75 Å². The van der Waals surface area contributed by atoms with Gasteiger partial charge in [-0.1, -0.05) is 25.1 Å². The lowest BCUT2D eigenvalue weighted by molar-refractivity contribution is 0.0971. The van der Waals surface area contributed by atoms with Crippen molar-refractivity contribution in [2.24, 2.45) is 0 Å². The summed E-state index contributed by atoms with van der Waals surface area (Å²) in [5.41, 5.74) is 3.24. The number of rotatable bonds is 5. The second kappa shape index (κ2) is 8.40. The molecule has 2 aromatic carbocycles. The minimum Gasteiger partial charge on any atom is -0.491 e. The number of nitrogens with zero attached hydrogens (tertiary/aromatic N) is 2. The van der Waals surface area contributed by atoms with Crippen LogP contribution in [-0.2, 0) is 6.42 Å². The average Bonchev–Trinajstić information content (AvgIpc) is 3.29. The molecule has 3 heterocycles. The number of ether oxygens (including phenoxy) is 1. The standard InChI is InChI=1S/C27H26N2O4S/c1-6-17-10-11-21-20(12-17)24(30)22-23(18-8-7-9-19(13-18)32-14(2)3)29(26(31)25(22)33-21)27-28-15(4)16(5)34-27/h7-14,23H,6H2,1-5H3. The van der Waals surface area contributed by atoms with Gasteiger partial charge in [-0.3, -0.25) is 14.5 Å². The number of amides is 1. The summed E-state index contributed by atoms with van der Waals surface area (Å²) >= 11 is 1.43. The Balaban J connectivity index is 1.78. The topological polar surface area (TPSA) is 72.6 Å². The predicted molar refractivity (Wildman–Crippen MR) is 134 cm³/mol. The fourth-order valence-electron chi connectivity index (χ4n) is 4.34. The maximum Gasteiger partial charge on any atom is 0.297 e. The number of benzene rings is 2. The Bertz CT molecular complexity index is 1460. The van der Waals surface area contributed by atoms with E-state index in [1.165, 1.54) is 11.3 Å². The zero-order valence-electron chi connectivity index (χ0n) is 19.8. The number of aryl methyl sites for hydroxylation is 3. The van der Waals surface area contributed by atoms with E-state index >= 15 is 0 Å². The van der Waals surface area contributed by atoms with Crippen molar-refractivity contribution in [1.29, 1.82) is 0 Å². The van der Waals surface area contributed by atoms with E-state index in [9.17, 15) is 9.59 Å². The highest BCUT2D eigenvalue weighted by molar-refractivity contribution is 7.15. The van der Waals surface area contributed by atoms with E-state index in [0.717, 1.165) is 28.1 Å². The van der Waals surface area contributed by atoms with Crippen molar-refractivity contribution < 1.29 is 13.9 Å². The van der Waals surface area contributed by atoms with Gasteiger partial charge in [0.2, 0.25) is 5.76 Å². The Labute approximate surface area is 201 Å². The van der Waals surface area contributed by atoms with Crippen molar-refractivity contribution in [2.45, 2.75) is 53.2 Å². The Morgan fingerprint density at radius 3 is 2.62 bits per heavy atom. The Kier molecular flexibility index (Phi) is 5.52. The number of hydrogen-bond donors (Lipinski definition) is 0. The summed E-state index contributed by atoms with van der Waals surface area (Å²) < 4.78 is 12.0. The highest BCUT2D eigenvalue weighted by Gasteiger charge is 2.45. The molecule has 5 rings (SSSR count). The third kappa shape index (κ3) is 3.60. The quantitative estimate of drug-likeness (QED) is 0.357. The molecule has 6 nitrogen and oxygen atoms in total. The monoisotopic (exact) mass is 474 g/mol. The predicted octanol–water partition coefficient (Wildman–Crippen LogP) is 5.97. The summed E-state index contributed by atoms with van der Waals surface area (Å²) in [6.45, 7) is 9.85. The summed E-state index contributed by atoms with van der Waals surface area (Å²) in [6, 6.07) is 12.5. The molecule has 0 saturated carbocycles. The van der Waals surface area contributed by atoms with E-state index in [1.54, 1.807) is 11.0 Å². The number of anilines is 1. The molecule has 0 saturated heterocycles. The normalized spacial score (nSPS) is 15.4. The number of carbonyl (C=O) groups is 1. The van der Waals surface area contributed by atoms with Crippen LogP contribution in [0.2, 0.25) is 0 Å². The molecule has 2 aromatic heterocycles. The summed E-state index contributed by atoms with van der Waals surface area (Å²) in [7, 11) is 0. The number of aromatic nitrogens is 1. The fraction of sp³-hybridized carbons (Fsp3) is 0.296. The molecule has 1 aliphatic heterocycles. The van der Waals surface area contributed by atoms with Crippen LogP contribution in [0.15, 0.2) is 51.7 Å². The van der Waals surface area contributed by atoms with Gasteiger partial charge in [-0.15, -0.1) is 11.3 Å². The van der Waals surface area contributed by atoms with Crippen LogP contribution in [0.3, 0.4) is 0 Å². The number of carbonyl (C=O) groups excluding carboxylic acids is 1. The minimum atomic E-state index is -0.658. The molecule has 0 N–H and O–H groups in total. The van der Waals surface area contributed by atoms with E-state index in [2.05, 4.69) is 4.98 Å². The maximum absolute atomic E-state index is 13.8. The van der Waals surface area contributed by atoms with E-state index < -0.39 is 6.04 Å². The first-order chi connectivity index (χ1) is 16.3. The number of fused-ring (bicyclic) bond motifs is 2. The molecule has 174 valence electrons. The molecule has 1 atom stereocenters. The molecular formula is C27H26N2O4S. The van der Waals surface area contributed by atoms with Gasteiger partial charge in [-0.05, 0) is 69.5 Å². The number of hydrogen-bond acceptors (Lipinski definition) is 6. The molecule has 4 aromatic rings. The van der Waals surface area contributed by atoms with Gasteiger partial charge in [0.15, 0.2) is 10.6 Å². The lowest BCUT2D eigenvalue weighted by atomic mass is 9.98. The Hall–Kier alpha value is -3.45. The van der Waals surface area contributed by atoms with Gasteiger partial charge in [0.25, 0.3) is 5.91 Å². The summed E-state index contributed by atoms with van der Waals surface area (Å²) in [6.07, 6.45) is 0.794. The van der Waals surface area contributed by atoms with Crippen LogP contribution in [0.4, 0.5) is 5.13 Å². The minimum absolute atomic E-state index is 0.00501. The van der Waals surface area contributed by atoms with Gasteiger partial charge in [-0.2, -0.15) is 0 Å². The number of thiazole rings is 1. The zero-order valence-corrected chi connectivity index (χ0v) is 20.7. The highest BCUT2D eigenvalue weighted by Crippen LogP contribution is 2.43. The molecule has 0 fully saturated rings. The molecule has 1 unspecified atom stereocenters.